The molecule has 0 unspecified atom stereocenters. The molecule has 0 aliphatic heterocycles. The monoisotopic (exact) mass is 467 g/mol. The molecule has 1 aliphatic carbocycles. The normalized spacial score (nSPS) is 15.5. The molecule has 1 amide bonds. The van der Waals surface area contributed by atoms with E-state index in [1.165, 1.54) is 0 Å². The summed E-state index contributed by atoms with van der Waals surface area (Å²) in [5.74, 6) is -0.323. The zero-order valence-corrected chi connectivity index (χ0v) is 20.2. The highest BCUT2D eigenvalue weighted by molar-refractivity contribution is 5.99. The summed E-state index contributed by atoms with van der Waals surface area (Å²) in [5.41, 5.74) is 14.5. The number of fused-ring (bicyclic) bond motifs is 1. The number of hydrogen-bond acceptors (Lipinski definition) is 6. The van der Waals surface area contributed by atoms with E-state index in [9.17, 15) is 9.18 Å². The van der Waals surface area contributed by atoms with Gasteiger partial charge in [0.2, 0.25) is 0 Å². The number of anilines is 3. The van der Waals surface area contributed by atoms with E-state index >= 15 is 0 Å². The van der Waals surface area contributed by atoms with Crippen molar-refractivity contribution >= 4 is 34.1 Å². The lowest BCUT2D eigenvalue weighted by atomic mass is 9.99. The summed E-state index contributed by atoms with van der Waals surface area (Å²) in [6, 6.07) is 6.65. The van der Waals surface area contributed by atoms with E-state index in [0.29, 0.717) is 11.8 Å². The van der Waals surface area contributed by atoms with Gasteiger partial charge in [-0.05, 0) is 63.3 Å². The third kappa shape index (κ3) is 4.99. The number of rotatable bonds is 10. The van der Waals surface area contributed by atoms with Crippen molar-refractivity contribution < 1.29 is 9.18 Å². The highest BCUT2D eigenvalue weighted by atomic mass is 19.1. The standard InChI is InChI=1S/C25H34FN7O/c1-5-33-21-9-8-16(11-17(21)22(32-33)15-6-7-15)29-24-18(23(28)34)12-19(26)25(31-24)30-20(14(4)27)10-13(2)3/h8-9,11-15,20H,5-7,10,27H2,1-4H3,(H2,28,34)(H2,29,30,31)/t14-,20+/m0/s1. The highest BCUT2D eigenvalue weighted by Gasteiger charge is 2.29. The fourth-order valence-electron chi connectivity index (χ4n) is 4.28. The lowest BCUT2D eigenvalue weighted by Gasteiger charge is -2.25. The number of aryl methyl sites for hydroxylation is 1. The van der Waals surface area contributed by atoms with Gasteiger partial charge < -0.3 is 22.1 Å². The van der Waals surface area contributed by atoms with Crippen molar-refractivity contribution in [3.63, 3.8) is 0 Å². The first-order valence-corrected chi connectivity index (χ1v) is 12.0. The number of carbonyl (C=O) groups excluding carboxylic acids is 1. The third-order valence-electron chi connectivity index (χ3n) is 6.23. The Morgan fingerprint density at radius 1 is 1.24 bits per heavy atom. The number of aromatic nitrogens is 3. The first-order valence-electron chi connectivity index (χ1n) is 12.0. The van der Waals surface area contributed by atoms with Crippen LogP contribution < -0.4 is 22.1 Å². The van der Waals surface area contributed by atoms with Crippen LogP contribution in [0.15, 0.2) is 24.3 Å². The fourth-order valence-corrected chi connectivity index (χ4v) is 4.28. The van der Waals surface area contributed by atoms with Crippen molar-refractivity contribution in [2.45, 2.75) is 71.5 Å². The second-order valence-electron chi connectivity index (χ2n) is 9.65. The average molecular weight is 468 g/mol. The van der Waals surface area contributed by atoms with Gasteiger partial charge in [0.1, 0.15) is 5.82 Å². The van der Waals surface area contributed by atoms with Crippen molar-refractivity contribution in [1.29, 1.82) is 0 Å². The molecule has 182 valence electrons. The number of nitrogens with two attached hydrogens (primary N) is 2. The summed E-state index contributed by atoms with van der Waals surface area (Å²) < 4.78 is 16.9. The maximum atomic E-state index is 14.9. The number of primary amides is 1. The average Bonchev–Trinajstić information content (AvgIpc) is 3.55. The van der Waals surface area contributed by atoms with Crippen LogP contribution in [0.2, 0.25) is 0 Å². The second kappa shape index (κ2) is 9.58. The molecule has 9 heteroatoms. The van der Waals surface area contributed by atoms with Gasteiger partial charge in [-0.2, -0.15) is 5.10 Å². The summed E-state index contributed by atoms with van der Waals surface area (Å²) in [6.45, 7) is 8.89. The van der Waals surface area contributed by atoms with Crippen LogP contribution in [0.4, 0.5) is 21.7 Å². The van der Waals surface area contributed by atoms with Crippen molar-refractivity contribution in [1.82, 2.24) is 14.8 Å². The zero-order valence-electron chi connectivity index (χ0n) is 20.2. The van der Waals surface area contributed by atoms with Gasteiger partial charge in [-0.15, -0.1) is 0 Å². The van der Waals surface area contributed by atoms with Crippen LogP contribution in [-0.4, -0.2) is 32.8 Å². The van der Waals surface area contributed by atoms with Crippen molar-refractivity contribution in [3.05, 3.63) is 41.3 Å². The number of amides is 1. The lowest BCUT2D eigenvalue weighted by Crippen LogP contribution is -2.39. The fraction of sp³-hybridized carbons (Fsp3) is 0.480. The molecule has 0 bridgehead atoms. The summed E-state index contributed by atoms with van der Waals surface area (Å²) in [6.07, 6.45) is 3.04. The molecule has 4 rings (SSSR count). The Labute approximate surface area is 199 Å². The van der Waals surface area contributed by atoms with Crippen molar-refractivity contribution in [2.24, 2.45) is 17.4 Å². The van der Waals surface area contributed by atoms with Crippen LogP contribution in [-0.2, 0) is 6.54 Å². The van der Waals surface area contributed by atoms with Crippen molar-refractivity contribution in [2.75, 3.05) is 10.6 Å². The molecule has 2 heterocycles. The van der Waals surface area contributed by atoms with Crippen LogP contribution in [0.3, 0.4) is 0 Å². The number of benzene rings is 1. The number of hydrogen-bond donors (Lipinski definition) is 4. The molecule has 2 atom stereocenters. The minimum absolute atomic E-state index is 0.0176. The predicted octanol–water partition coefficient (Wildman–Crippen LogP) is 4.48. The minimum Gasteiger partial charge on any atom is -0.365 e. The molecule has 1 saturated carbocycles. The lowest BCUT2D eigenvalue weighted by molar-refractivity contribution is 0.100. The first kappa shape index (κ1) is 23.9. The molecule has 34 heavy (non-hydrogen) atoms. The number of carbonyl (C=O) groups is 1. The smallest absolute Gasteiger partial charge is 0.252 e. The number of halogens is 1. The van der Waals surface area contributed by atoms with Crippen molar-refractivity contribution in [3.8, 4) is 0 Å². The molecule has 0 saturated heterocycles. The Bertz CT molecular complexity index is 1200. The van der Waals surface area contributed by atoms with Crippen LogP contribution in [0, 0.1) is 11.7 Å². The largest absolute Gasteiger partial charge is 0.365 e. The molecule has 2 aromatic heterocycles. The molecule has 1 aromatic carbocycles. The Morgan fingerprint density at radius 3 is 2.56 bits per heavy atom. The third-order valence-corrected chi connectivity index (χ3v) is 6.23. The molecule has 0 radical (unpaired) electrons. The summed E-state index contributed by atoms with van der Waals surface area (Å²) in [4.78, 5) is 16.5. The van der Waals surface area contributed by atoms with E-state index in [1.54, 1.807) is 0 Å². The first-order chi connectivity index (χ1) is 16.2. The molecular weight excluding hydrogens is 433 g/mol. The van der Waals surface area contributed by atoms with E-state index in [4.69, 9.17) is 16.6 Å². The second-order valence-corrected chi connectivity index (χ2v) is 9.65. The minimum atomic E-state index is -0.759. The maximum absolute atomic E-state index is 14.9. The van der Waals surface area contributed by atoms with Gasteiger partial charge >= 0.3 is 0 Å². The maximum Gasteiger partial charge on any atom is 0.252 e. The summed E-state index contributed by atoms with van der Waals surface area (Å²) >= 11 is 0. The summed E-state index contributed by atoms with van der Waals surface area (Å²) in [5, 5.41) is 12.2. The summed E-state index contributed by atoms with van der Waals surface area (Å²) in [7, 11) is 0. The van der Waals surface area contributed by atoms with E-state index in [2.05, 4.69) is 36.4 Å². The Kier molecular flexibility index (Phi) is 6.74. The molecule has 3 aromatic rings. The van der Waals surface area contributed by atoms with Crippen LogP contribution in [0.5, 0.6) is 0 Å². The van der Waals surface area contributed by atoms with E-state index in [1.807, 2.05) is 29.8 Å². The van der Waals surface area contributed by atoms with Gasteiger partial charge in [0.25, 0.3) is 5.91 Å². The van der Waals surface area contributed by atoms with Gasteiger partial charge in [0.15, 0.2) is 11.6 Å². The van der Waals surface area contributed by atoms with Gasteiger partial charge in [0.05, 0.1) is 16.8 Å². The van der Waals surface area contributed by atoms with Crippen LogP contribution in [0.1, 0.15) is 68.9 Å². The quantitative estimate of drug-likeness (QED) is 0.348. The zero-order chi connectivity index (χ0) is 24.6. The van der Waals surface area contributed by atoms with E-state index in [-0.39, 0.29) is 29.3 Å². The highest BCUT2D eigenvalue weighted by Crippen LogP contribution is 2.43. The SMILES string of the molecule is CCn1nc(C2CC2)c2cc(Nc3nc(N[C@H](CC(C)C)[C@H](C)N)c(F)cc3C(N)=O)ccc21. The molecule has 6 N–H and O–H groups in total. The molecule has 8 nitrogen and oxygen atoms in total. The predicted molar refractivity (Wildman–Crippen MR) is 134 cm³/mol. The Balaban J connectivity index is 1.70. The number of nitrogens with zero attached hydrogens (tertiary/aromatic N) is 3. The van der Waals surface area contributed by atoms with E-state index < -0.39 is 11.7 Å². The molecule has 1 aliphatic rings. The number of nitrogens with one attached hydrogen (secondary N) is 2. The topological polar surface area (TPSA) is 124 Å². The molecular formula is C25H34FN7O. The molecule has 0 spiro atoms. The van der Waals surface area contributed by atoms with Gasteiger partial charge in [-0.1, -0.05) is 13.8 Å². The molecule has 1 fully saturated rings. The van der Waals surface area contributed by atoms with Gasteiger partial charge in [-0.25, -0.2) is 9.37 Å². The van der Waals surface area contributed by atoms with Crippen LogP contribution >= 0.6 is 0 Å². The Morgan fingerprint density at radius 2 is 1.97 bits per heavy atom. The number of pyridine rings is 1. The van der Waals surface area contributed by atoms with Crippen LogP contribution in [0.25, 0.3) is 10.9 Å². The van der Waals surface area contributed by atoms with Gasteiger partial charge in [0, 0.05) is 35.6 Å². The van der Waals surface area contributed by atoms with E-state index in [0.717, 1.165) is 54.2 Å². The Hall–Kier alpha value is -3.20. The van der Waals surface area contributed by atoms with Gasteiger partial charge in [-0.3, -0.25) is 9.48 Å².